The minimum absolute atomic E-state index is 0. The van der Waals surface area contributed by atoms with Crippen molar-refractivity contribution in [1.29, 1.82) is 0 Å². The van der Waals surface area contributed by atoms with E-state index in [2.05, 4.69) is 4.18 Å². The summed E-state index contributed by atoms with van der Waals surface area (Å²) in [6.45, 7) is 0. The summed E-state index contributed by atoms with van der Waals surface area (Å²) in [7, 11) is -2.78. The van der Waals surface area contributed by atoms with Crippen LogP contribution in [0.3, 0.4) is 0 Å². The van der Waals surface area contributed by atoms with Crippen LogP contribution in [0.1, 0.15) is 0 Å². The number of benzene rings is 1. The molecule has 3 nitrogen and oxygen atoms in total. The summed E-state index contributed by atoms with van der Waals surface area (Å²) in [5, 5.41) is 0. The quantitative estimate of drug-likeness (QED) is 0.590. The van der Waals surface area contributed by atoms with Gasteiger partial charge in [-0.2, -0.15) is 8.42 Å². The van der Waals surface area contributed by atoms with Crippen LogP contribution in [0, 0.1) is 0 Å². The van der Waals surface area contributed by atoms with Crippen LogP contribution in [-0.4, -0.2) is 8.42 Å². The fraction of sp³-hybridized carbons (Fsp3) is 0. The smallest absolute Gasteiger partial charge is 0.299 e. The largest absolute Gasteiger partial charge is 0.384 e. The summed E-state index contributed by atoms with van der Waals surface area (Å²) >= 11 is 0. The van der Waals surface area contributed by atoms with Crippen molar-refractivity contribution in [1.82, 2.24) is 0 Å². The van der Waals surface area contributed by atoms with E-state index in [-0.39, 0.29) is 19.5 Å². The Labute approximate surface area is 79.3 Å². The standard InChI is InChI=1S/C6H6O3S.Zn/c7-10(8)9-6-4-2-1-3-5-6;/h1-5,10H;. The van der Waals surface area contributed by atoms with Crippen molar-refractivity contribution in [2.45, 2.75) is 0 Å². The van der Waals surface area contributed by atoms with E-state index in [9.17, 15) is 8.42 Å². The van der Waals surface area contributed by atoms with Crippen LogP contribution in [0.5, 0.6) is 5.75 Å². The van der Waals surface area contributed by atoms with Crippen molar-refractivity contribution in [2.24, 2.45) is 0 Å². The number of hydrogen-bond donors (Lipinski definition) is 1. The molecule has 0 unspecified atom stereocenters. The monoisotopic (exact) mass is 222 g/mol. The van der Waals surface area contributed by atoms with E-state index < -0.39 is 11.0 Å². The molecule has 5 heteroatoms. The molecular weight excluding hydrogens is 218 g/mol. The average Bonchev–Trinajstić information content (AvgIpc) is 1.88. The first kappa shape index (κ1) is 10.6. The van der Waals surface area contributed by atoms with E-state index in [1.165, 1.54) is 0 Å². The summed E-state index contributed by atoms with van der Waals surface area (Å²) in [6.07, 6.45) is 0. The number of rotatable bonds is 2. The van der Waals surface area contributed by atoms with Gasteiger partial charge in [-0.25, -0.2) is 0 Å². The van der Waals surface area contributed by atoms with Gasteiger partial charge in [-0.15, -0.1) is 0 Å². The maximum atomic E-state index is 9.98. The van der Waals surface area contributed by atoms with E-state index in [0.717, 1.165) is 0 Å². The molecule has 1 rings (SSSR count). The molecule has 0 atom stereocenters. The van der Waals surface area contributed by atoms with Gasteiger partial charge in [-0.3, -0.25) is 0 Å². The van der Waals surface area contributed by atoms with Gasteiger partial charge in [0.05, 0.1) is 0 Å². The zero-order valence-corrected chi connectivity index (χ0v) is 9.63. The van der Waals surface area contributed by atoms with Crippen LogP contribution < -0.4 is 4.18 Å². The van der Waals surface area contributed by atoms with Crippen LogP contribution in [0.25, 0.3) is 0 Å². The van der Waals surface area contributed by atoms with Gasteiger partial charge in [0, 0.05) is 19.5 Å². The first-order chi connectivity index (χ1) is 4.79. The molecule has 0 N–H and O–H groups in total. The molecule has 0 aliphatic rings. The average molecular weight is 224 g/mol. The predicted molar refractivity (Wildman–Crippen MR) is 37.4 cm³/mol. The van der Waals surface area contributed by atoms with Crippen molar-refractivity contribution in [2.75, 3.05) is 0 Å². The second kappa shape index (κ2) is 5.27. The third-order valence-electron chi connectivity index (χ3n) is 0.923. The minimum atomic E-state index is -2.78. The molecule has 0 aliphatic heterocycles. The van der Waals surface area contributed by atoms with Gasteiger partial charge < -0.3 is 4.18 Å². The minimum Gasteiger partial charge on any atom is -0.384 e. The second-order valence-corrected chi connectivity index (χ2v) is 2.26. The van der Waals surface area contributed by atoms with Crippen molar-refractivity contribution in [3.8, 4) is 5.75 Å². The van der Waals surface area contributed by atoms with E-state index >= 15 is 0 Å². The van der Waals surface area contributed by atoms with E-state index in [0.29, 0.717) is 5.75 Å². The Morgan fingerprint density at radius 3 is 2.09 bits per heavy atom. The van der Waals surface area contributed by atoms with Gasteiger partial charge >= 0.3 is 0 Å². The number of thiol groups is 1. The zero-order chi connectivity index (χ0) is 7.40. The van der Waals surface area contributed by atoms with Crippen molar-refractivity contribution < 1.29 is 32.1 Å². The maximum absolute atomic E-state index is 9.98. The molecule has 0 aliphatic carbocycles. The second-order valence-electron chi connectivity index (χ2n) is 1.63. The molecule has 0 spiro atoms. The summed E-state index contributed by atoms with van der Waals surface area (Å²) in [4.78, 5) is 0. The third kappa shape index (κ3) is 4.12. The van der Waals surface area contributed by atoms with Crippen LogP contribution in [0.15, 0.2) is 30.3 Å². The Balaban J connectivity index is 0.000001000. The molecule has 0 saturated carbocycles. The summed E-state index contributed by atoms with van der Waals surface area (Å²) < 4.78 is 24.3. The van der Waals surface area contributed by atoms with Crippen LogP contribution >= 0.6 is 0 Å². The molecule has 0 saturated heterocycles. The Hall–Kier alpha value is -0.407. The van der Waals surface area contributed by atoms with Gasteiger partial charge in [-0.05, 0) is 12.1 Å². The van der Waals surface area contributed by atoms with Crippen molar-refractivity contribution in [3.63, 3.8) is 0 Å². The van der Waals surface area contributed by atoms with Gasteiger partial charge in [0.25, 0.3) is 11.0 Å². The Morgan fingerprint density at radius 1 is 1.09 bits per heavy atom. The Kier molecular flexibility index (Phi) is 5.08. The Bertz CT molecular complexity index is 262. The molecule has 0 fully saturated rings. The van der Waals surface area contributed by atoms with Gasteiger partial charge in [0.15, 0.2) is 0 Å². The number of hydrogen-bond acceptors (Lipinski definition) is 3. The summed E-state index contributed by atoms with van der Waals surface area (Å²) in [5.41, 5.74) is 0. The zero-order valence-electron chi connectivity index (χ0n) is 5.77. The molecule has 0 radical (unpaired) electrons. The molecule has 11 heavy (non-hydrogen) atoms. The summed E-state index contributed by atoms with van der Waals surface area (Å²) in [6, 6.07) is 8.34. The topological polar surface area (TPSA) is 43.4 Å². The van der Waals surface area contributed by atoms with Crippen LogP contribution in [-0.2, 0) is 30.5 Å². The van der Waals surface area contributed by atoms with Gasteiger partial charge in [0.1, 0.15) is 5.75 Å². The van der Waals surface area contributed by atoms with Crippen LogP contribution in [0.2, 0.25) is 0 Å². The molecule has 0 amide bonds. The molecule has 0 heterocycles. The molecule has 56 valence electrons. The Morgan fingerprint density at radius 2 is 1.64 bits per heavy atom. The normalized spacial score (nSPS) is 8.82. The van der Waals surface area contributed by atoms with Gasteiger partial charge in [-0.1, -0.05) is 18.2 Å². The SMILES string of the molecule is O=[SH](=O)Oc1ccccc1.[Zn]. The van der Waals surface area contributed by atoms with Crippen molar-refractivity contribution >= 4 is 11.0 Å². The first-order valence-corrected chi connectivity index (χ1v) is 3.76. The molecule has 0 aromatic heterocycles. The fourth-order valence-corrected chi connectivity index (χ4v) is 0.861. The van der Waals surface area contributed by atoms with E-state index in [1.807, 2.05) is 0 Å². The predicted octanol–water partition coefficient (Wildman–Crippen LogP) is 0.589. The fourth-order valence-electron chi connectivity index (χ4n) is 0.567. The molecule has 1 aromatic carbocycles. The maximum Gasteiger partial charge on any atom is 0.299 e. The first-order valence-electron chi connectivity index (χ1n) is 2.66. The summed E-state index contributed by atoms with van der Waals surface area (Å²) in [5.74, 6) is 0.346. The van der Waals surface area contributed by atoms with Crippen molar-refractivity contribution in [3.05, 3.63) is 30.3 Å². The van der Waals surface area contributed by atoms with Gasteiger partial charge in [0.2, 0.25) is 0 Å². The third-order valence-corrected chi connectivity index (χ3v) is 1.28. The molecule has 1 aromatic rings. The van der Waals surface area contributed by atoms with E-state index in [1.54, 1.807) is 30.3 Å². The molecular formula is C6H6O3SZn. The number of para-hydroxylation sites is 1. The van der Waals surface area contributed by atoms with Crippen LogP contribution in [0.4, 0.5) is 0 Å². The molecule has 0 bridgehead atoms. The van der Waals surface area contributed by atoms with E-state index in [4.69, 9.17) is 0 Å².